The van der Waals surface area contributed by atoms with Crippen LogP contribution in [0.3, 0.4) is 0 Å². The predicted molar refractivity (Wildman–Crippen MR) is 115 cm³/mol. The lowest BCUT2D eigenvalue weighted by atomic mass is 9.89. The molecule has 4 rings (SSSR count). The number of rotatable bonds is 5. The molecule has 0 saturated carbocycles. The number of aromatic nitrogens is 2. The third-order valence-electron chi connectivity index (χ3n) is 4.83. The van der Waals surface area contributed by atoms with Crippen molar-refractivity contribution in [1.29, 1.82) is 0 Å². The Hall–Kier alpha value is -1.79. The summed E-state index contributed by atoms with van der Waals surface area (Å²) in [6.07, 6.45) is 3.66. The van der Waals surface area contributed by atoms with Gasteiger partial charge in [-0.3, -0.25) is 0 Å². The first-order chi connectivity index (χ1) is 13.0. The van der Waals surface area contributed by atoms with E-state index >= 15 is 0 Å². The van der Waals surface area contributed by atoms with E-state index in [1.165, 1.54) is 22.4 Å². The minimum atomic E-state index is 0.188. The van der Waals surface area contributed by atoms with Gasteiger partial charge in [0.15, 0.2) is 5.16 Å². The van der Waals surface area contributed by atoms with Crippen LogP contribution in [0.4, 0.5) is 5.82 Å². The van der Waals surface area contributed by atoms with Gasteiger partial charge in [-0.2, -0.15) is 0 Å². The third-order valence-corrected chi connectivity index (χ3v) is 6.89. The SMILES string of the molecule is CC(C)Oc1ccc(CSc2nc(N)c3c4c(sc3n2)C[C@@H](C)CC4)cc1. The van der Waals surface area contributed by atoms with Gasteiger partial charge >= 0.3 is 0 Å². The molecule has 2 heterocycles. The summed E-state index contributed by atoms with van der Waals surface area (Å²) in [5.74, 6) is 3.10. The Balaban J connectivity index is 1.51. The molecule has 0 amide bonds. The molecule has 0 radical (unpaired) electrons. The van der Waals surface area contributed by atoms with Crippen LogP contribution in [0, 0.1) is 5.92 Å². The maximum atomic E-state index is 6.32. The summed E-state index contributed by atoms with van der Waals surface area (Å²) in [5, 5.41) is 1.86. The summed E-state index contributed by atoms with van der Waals surface area (Å²) in [5.41, 5.74) is 8.93. The van der Waals surface area contributed by atoms with Crippen LogP contribution in [0.1, 0.15) is 43.2 Å². The molecule has 6 heteroatoms. The lowest BCUT2D eigenvalue weighted by Crippen LogP contribution is -2.09. The van der Waals surface area contributed by atoms with Crippen molar-refractivity contribution in [2.45, 2.75) is 57.0 Å². The van der Waals surface area contributed by atoms with E-state index in [0.717, 1.165) is 45.6 Å². The Morgan fingerprint density at radius 2 is 2.04 bits per heavy atom. The fraction of sp³-hybridized carbons (Fsp3) is 0.429. The number of ether oxygens (including phenoxy) is 1. The molecule has 0 unspecified atom stereocenters. The monoisotopic (exact) mass is 399 g/mol. The molecule has 1 atom stereocenters. The summed E-state index contributed by atoms with van der Waals surface area (Å²) in [6, 6.07) is 8.22. The number of benzene rings is 1. The van der Waals surface area contributed by atoms with Crippen molar-refractivity contribution in [3.05, 3.63) is 40.3 Å². The van der Waals surface area contributed by atoms with E-state index in [9.17, 15) is 0 Å². The molecule has 3 aromatic rings. The van der Waals surface area contributed by atoms with Gasteiger partial charge in [0.25, 0.3) is 0 Å². The normalized spacial score (nSPS) is 16.7. The summed E-state index contributed by atoms with van der Waals surface area (Å²) in [4.78, 5) is 11.9. The first kappa shape index (κ1) is 18.6. The average Bonchev–Trinajstić information content (AvgIpc) is 2.98. The van der Waals surface area contributed by atoms with Crippen LogP contribution in [0.2, 0.25) is 0 Å². The molecule has 2 aromatic heterocycles. The molecule has 1 aromatic carbocycles. The lowest BCUT2D eigenvalue weighted by Gasteiger charge is -2.17. The third kappa shape index (κ3) is 4.06. The Morgan fingerprint density at radius 1 is 1.26 bits per heavy atom. The number of thioether (sulfide) groups is 1. The topological polar surface area (TPSA) is 61.0 Å². The first-order valence-electron chi connectivity index (χ1n) is 9.45. The zero-order valence-electron chi connectivity index (χ0n) is 16.0. The highest BCUT2D eigenvalue weighted by molar-refractivity contribution is 7.98. The van der Waals surface area contributed by atoms with Crippen LogP contribution < -0.4 is 10.5 Å². The van der Waals surface area contributed by atoms with Gasteiger partial charge in [0, 0.05) is 10.6 Å². The number of nitrogens with zero attached hydrogens (tertiary/aromatic N) is 2. The van der Waals surface area contributed by atoms with Gasteiger partial charge in [0.05, 0.1) is 11.5 Å². The van der Waals surface area contributed by atoms with E-state index in [1.807, 2.05) is 26.0 Å². The van der Waals surface area contributed by atoms with E-state index in [4.69, 9.17) is 15.5 Å². The lowest BCUT2D eigenvalue weighted by molar-refractivity contribution is 0.242. The molecule has 27 heavy (non-hydrogen) atoms. The molecule has 2 N–H and O–H groups in total. The highest BCUT2D eigenvalue weighted by Crippen LogP contribution is 2.40. The van der Waals surface area contributed by atoms with E-state index in [1.54, 1.807) is 23.1 Å². The highest BCUT2D eigenvalue weighted by atomic mass is 32.2. The molecule has 0 bridgehead atoms. The van der Waals surface area contributed by atoms with E-state index in [0.29, 0.717) is 5.82 Å². The molecule has 1 aliphatic carbocycles. The van der Waals surface area contributed by atoms with Crippen LogP contribution in [0.15, 0.2) is 29.4 Å². The number of hydrogen-bond donors (Lipinski definition) is 1. The number of thiophene rings is 1. The van der Waals surface area contributed by atoms with Crippen molar-refractivity contribution in [2.75, 3.05) is 5.73 Å². The van der Waals surface area contributed by atoms with Gasteiger partial charge in [-0.05, 0) is 62.3 Å². The number of fused-ring (bicyclic) bond motifs is 3. The van der Waals surface area contributed by atoms with Gasteiger partial charge in [-0.25, -0.2) is 9.97 Å². The number of aryl methyl sites for hydroxylation is 1. The van der Waals surface area contributed by atoms with Crippen molar-refractivity contribution in [3.8, 4) is 5.75 Å². The Morgan fingerprint density at radius 3 is 2.78 bits per heavy atom. The second-order valence-corrected chi connectivity index (χ2v) is 9.55. The zero-order valence-corrected chi connectivity index (χ0v) is 17.6. The standard InChI is InChI=1S/C21H25N3OS2/c1-12(2)25-15-7-5-14(6-8-15)11-26-21-23-19(22)18-16-9-4-13(3)10-17(16)27-20(18)24-21/h5-8,12-13H,4,9-11H2,1-3H3,(H2,22,23,24)/t13-/m0/s1. The van der Waals surface area contributed by atoms with Crippen molar-refractivity contribution in [1.82, 2.24) is 9.97 Å². The summed E-state index contributed by atoms with van der Waals surface area (Å²) >= 11 is 3.43. The molecule has 0 spiro atoms. The number of nitrogen functional groups attached to an aromatic ring is 1. The summed E-state index contributed by atoms with van der Waals surface area (Å²) in [7, 11) is 0. The quantitative estimate of drug-likeness (QED) is 0.455. The molecule has 0 saturated heterocycles. The van der Waals surface area contributed by atoms with Crippen molar-refractivity contribution in [2.24, 2.45) is 5.92 Å². The van der Waals surface area contributed by atoms with Gasteiger partial charge < -0.3 is 10.5 Å². The Bertz CT molecular complexity index is 950. The van der Waals surface area contributed by atoms with E-state index in [2.05, 4.69) is 24.0 Å². The van der Waals surface area contributed by atoms with Gasteiger partial charge in [0.2, 0.25) is 0 Å². The van der Waals surface area contributed by atoms with Crippen molar-refractivity contribution in [3.63, 3.8) is 0 Å². The average molecular weight is 400 g/mol. The molecule has 1 aliphatic rings. The molecular weight excluding hydrogens is 374 g/mol. The summed E-state index contributed by atoms with van der Waals surface area (Å²) < 4.78 is 5.70. The number of nitrogens with two attached hydrogens (primary N) is 1. The van der Waals surface area contributed by atoms with Gasteiger partial charge in [-0.1, -0.05) is 30.8 Å². The summed E-state index contributed by atoms with van der Waals surface area (Å²) in [6.45, 7) is 6.39. The van der Waals surface area contributed by atoms with E-state index < -0.39 is 0 Å². The largest absolute Gasteiger partial charge is 0.491 e. The minimum absolute atomic E-state index is 0.188. The molecule has 142 valence electrons. The first-order valence-corrected chi connectivity index (χ1v) is 11.3. The Kier molecular flexibility index (Phi) is 5.28. The molecular formula is C21H25N3OS2. The van der Waals surface area contributed by atoms with Crippen molar-refractivity contribution >= 4 is 39.1 Å². The molecule has 0 fully saturated rings. The second-order valence-electron chi connectivity index (χ2n) is 7.52. The minimum Gasteiger partial charge on any atom is -0.491 e. The molecule has 0 aliphatic heterocycles. The molecule has 4 nitrogen and oxygen atoms in total. The van der Waals surface area contributed by atoms with E-state index in [-0.39, 0.29) is 6.10 Å². The van der Waals surface area contributed by atoms with Crippen LogP contribution in [-0.4, -0.2) is 16.1 Å². The maximum absolute atomic E-state index is 6.32. The van der Waals surface area contributed by atoms with Gasteiger partial charge in [0.1, 0.15) is 16.4 Å². The zero-order chi connectivity index (χ0) is 19.0. The fourth-order valence-corrected chi connectivity index (χ4v) is 5.75. The smallest absolute Gasteiger partial charge is 0.191 e. The maximum Gasteiger partial charge on any atom is 0.191 e. The van der Waals surface area contributed by atoms with Gasteiger partial charge in [-0.15, -0.1) is 11.3 Å². The van der Waals surface area contributed by atoms with Crippen LogP contribution >= 0.6 is 23.1 Å². The van der Waals surface area contributed by atoms with Crippen LogP contribution in [0.5, 0.6) is 5.75 Å². The Labute approximate surface area is 168 Å². The number of anilines is 1. The van der Waals surface area contributed by atoms with Crippen LogP contribution in [-0.2, 0) is 18.6 Å². The van der Waals surface area contributed by atoms with Crippen molar-refractivity contribution < 1.29 is 4.74 Å². The fourth-order valence-electron chi connectivity index (χ4n) is 3.50. The highest BCUT2D eigenvalue weighted by Gasteiger charge is 2.23. The second kappa shape index (κ2) is 7.68. The van der Waals surface area contributed by atoms with Crippen LogP contribution in [0.25, 0.3) is 10.2 Å². The predicted octanol–water partition coefficient (Wildman–Crippen LogP) is 5.48. The number of hydrogen-bond acceptors (Lipinski definition) is 6.